The first-order chi connectivity index (χ1) is 10.8. The van der Waals surface area contributed by atoms with Crippen molar-refractivity contribution in [3.63, 3.8) is 0 Å². The van der Waals surface area contributed by atoms with Crippen LogP contribution in [0, 0.1) is 0 Å². The SMILES string of the molecule is O=C(CCOCC(F)(F)F)OCc1cc2c(cc1Br)OCCO2. The van der Waals surface area contributed by atoms with Gasteiger partial charge in [-0.15, -0.1) is 0 Å². The number of carbonyl (C=O) groups is 1. The summed E-state index contributed by atoms with van der Waals surface area (Å²) >= 11 is 3.33. The largest absolute Gasteiger partial charge is 0.486 e. The van der Waals surface area contributed by atoms with E-state index in [4.69, 9.17) is 14.2 Å². The molecule has 5 nitrogen and oxygen atoms in total. The number of carbonyl (C=O) groups excluding carboxylic acids is 1. The lowest BCUT2D eigenvalue weighted by atomic mass is 10.2. The molecule has 9 heteroatoms. The Bertz CT molecular complexity index is 562. The summed E-state index contributed by atoms with van der Waals surface area (Å²) in [5.41, 5.74) is 0.666. The maximum Gasteiger partial charge on any atom is 0.411 e. The lowest BCUT2D eigenvalue weighted by Crippen LogP contribution is -2.19. The van der Waals surface area contributed by atoms with Gasteiger partial charge in [-0.05, 0) is 12.1 Å². The summed E-state index contributed by atoms with van der Waals surface area (Å²) in [5, 5.41) is 0. The van der Waals surface area contributed by atoms with Crippen LogP contribution in [-0.4, -0.2) is 38.6 Å². The molecule has 0 N–H and O–H groups in total. The average Bonchev–Trinajstić information content (AvgIpc) is 2.48. The van der Waals surface area contributed by atoms with Crippen LogP contribution in [0.1, 0.15) is 12.0 Å². The number of halogens is 4. The summed E-state index contributed by atoms with van der Waals surface area (Å²) in [4.78, 5) is 11.5. The van der Waals surface area contributed by atoms with E-state index in [9.17, 15) is 18.0 Å². The maximum atomic E-state index is 11.9. The lowest BCUT2D eigenvalue weighted by molar-refractivity contribution is -0.176. The van der Waals surface area contributed by atoms with Gasteiger partial charge in [-0.2, -0.15) is 13.2 Å². The van der Waals surface area contributed by atoms with Crippen LogP contribution in [0.25, 0.3) is 0 Å². The highest BCUT2D eigenvalue weighted by Crippen LogP contribution is 2.35. The molecule has 2 rings (SSSR count). The molecular weight excluding hydrogens is 385 g/mol. The van der Waals surface area contributed by atoms with Crippen LogP contribution in [-0.2, 0) is 20.9 Å². The third-order valence-electron chi connectivity index (χ3n) is 2.82. The van der Waals surface area contributed by atoms with Crippen molar-refractivity contribution in [2.75, 3.05) is 26.4 Å². The van der Waals surface area contributed by atoms with Crippen LogP contribution >= 0.6 is 15.9 Å². The molecule has 0 fully saturated rings. The van der Waals surface area contributed by atoms with Crippen molar-refractivity contribution in [2.24, 2.45) is 0 Å². The zero-order chi connectivity index (χ0) is 16.9. The number of esters is 1. The Hall–Kier alpha value is -1.48. The number of hydrogen-bond donors (Lipinski definition) is 0. The van der Waals surface area contributed by atoms with E-state index in [0.29, 0.717) is 34.7 Å². The topological polar surface area (TPSA) is 54.0 Å². The van der Waals surface area contributed by atoms with Crippen LogP contribution < -0.4 is 9.47 Å². The minimum atomic E-state index is -4.40. The predicted molar refractivity (Wildman–Crippen MR) is 76.4 cm³/mol. The molecule has 0 amide bonds. The van der Waals surface area contributed by atoms with E-state index in [-0.39, 0.29) is 19.6 Å². The van der Waals surface area contributed by atoms with E-state index in [1.807, 2.05) is 0 Å². The molecule has 0 atom stereocenters. The molecule has 1 heterocycles. The van der Waals surface area contributed by atoms with Crippen molar-refractivity contribution in [3.05, 3.63) is 22.2 Å². The number of benzene rings is 1. The second kappa shape index (κ2) is 7.87. The Morgan fingerprint density at radius 2 is 1.87 bits per heavy atom. The molecule has 0 aliphatic carbocycles. The van der Waals surface area contributed by atoms with Crippen molar-refractivity contribution in [3.8, 4) is 11.5 Å². The van der Waals surface area contributed by atoms with Crippen LogP contribution in [0.4, 0.5) is 13.2 Å². The Kier molecular flexibility index (Phi) is 6.11. The van der Waals surface area contributed by atoms with E-state index in [2.05, 4.69) is 20.7 Å². The van der Waals surface area contributed by atoms with Crippen LogP contribution in [0.3, 0.4) is 0 Å². The van der Waals surface area contributed by atoms with Gasteiger partial charge < -0.3 is 18.9 Å². The predicted octanol–water partition coefficient (Wildman–Crippen LogP) is 3.23. The lowest BCUT2D eigenvalue weighted by Gasteiger charge is -2.19. The highest BCUT2D eigenvalue weighted by Gasteiger charge is 2.27. The smallest absolute Gasteiger partial charge is 0.411 e. The molecule has 0 bridgehead atoms. The van der Waals surface area contributed by atoms with Gasteiger partial charge in [0, 0.05) is 10.0 Å². The molecule has 128 valence electrons. The number of hydrogen-bond acceptors (Lipinski definition) is 5. The molecular formula is C14H14BrF3O5. The van der Waals surface area contributed by atoms with Gasteiger partial charge >= 0.3 is 12.1 Å². The van der Waals surface area contributed by atoms with Gasteiger partial charge in [0.05, 0.1) is 13.0 Å². The Morgan fingerprint density at radius 3 is 2.52 bits per heavy atom. The summed E-state index contributed by atoms with van der Waals surface area (Å²) in [7, 11) is 0. The van der Waals surface area contributed by atoms with Crippen LogP contribution in [0.2, 0.25) is 0 Å². The maximum absolute atomic E-state index is 11.9. The summed E-state index contributed by atoms with van der Waals surface area (Å²) in [6, 6.07) is 3.40. The highest BCUT2D eigenvalue weighted by molar-refractivity contribution is 9.10. The standard InChI is InChI=1S/C14H14BrF3O5/c15-10-6-12-11(21-3-4-22-12)5-9(10)7-23-13(19)1-2-20-8-14(16,17)18/h5-6H,1-4,7-8H2. The van der Waals surface area contributed by atoms with Gasteiger partial charge in [-0.3, -0.25) is 4.79 Å². The van der Waals surface area contributed by atoms with Gasteiger partial charge in [-0.25, -0.2) is 0 Å². The molecule has 1 aliphatic rings. The van der Waals surface area contributed by atoms with Crippen molar-refractivity contribution in [1.29, 1.82) is 0 Å². The third kappa shape index (κ3) is 5.91. The van der Waals surface area contributed by atoms with E-state index in [1.165, 1.54) is 0 Å². The summed E-state index contributed by atoms with van der Waals surface area (Å²) < 4.78 is 56.5. The number of ether oxygens (including phenoxy) is 4. The summed E-state index contributed by atoms with van der Waals surface area (Å²) in [5.74, 6) is 0.506. The first-order valence-electron chi connectivity index (χ1n) is 6.73. The molecule has 0 unspecified atom stereocenters. The van der Waals surface area contributed by atoms with Crippen LogP contribution in [0.15, 0.2) is 16.6 Å². The molecule has 1 aromatic rings. The van der Waals surface area contributed by atoms with Crippen molar-refractivity contribution in [2.45, 2.75) is 19.2 Å². The molecule has 0 aromatic heterocycles. The zero-order valence-electron chi connectivity index (χ0n) is 12.0. The fourth-order valence-electron chi connectivity index (χ4n) is 1.79. The van der Waals surface area contributed by atoms with Gasteiger partial charge in [0.25, 0.3) is 0 Å². The first-order valence-corrected chi connectivity index (χ1v) is 7.52. The Balaban J connectivity index is 1.78. The van der Waals surface area contributed by atoms with Crippen molar-refractivity contribution >= 4 is 21.9 Å². The Morgan fingerprint density at radius 1 is 1.22 bits per heavy atom. The molecule has 0 radical (unpaired) electrons. The Labute approximate surface area is 138 Å². The quantitative estimate of drug-likeness (QED) is 0.543. The van der Waals surface area contributed by atoms with Gasteiger partial charge in [0.2, 0.25) is 0 Å². The van der Waals surface area contributed by atoms with E-state index >= 15 is 0 Å². The highest BCUT2D eigenvalue weighted by atomic mass is 79.9. The fraction of sp³-hybridized carbons (Fsp3) is 0.500. The average molecular weight is 399 g/mol. The van der Waals surface area contributed by atoms with Gasteiger partial charge in [0.15, 0.2) is 11.5 Å². The molecule has 1 aromatic carbocycles. The molecule has 1 aliphatic heterocycles. The number of fused-ring (bicyclic) bond motifs is 1. The first kappa shape index (κ1) is 17.9. The molecule has 0 saturated carbocycles. The molecule has 0 saturated heterocycles. The monoisotopic (exact) mass is 398 g/mol. The van der Waals surface area contributed by atoms with E-state index < -0.39 is 18.8 Å². The molecule has 23 heavy (non-hydrogen) atoms. The van der Waals surface area contributed by atoms with Crippen molar-refractivity contribution in [1.82, 2.24) is 0 Å². The number of alkyl halides is 3. The van der Waals surface area contributed by atoms with Crippen LogP contribution in [0.5, 0.6) is 11.5 Å². The second-order valence-electron chi connectivity index (χ2n) is 4.67. The van der Waals surface area contributed by atoms with E-state index in [1.54, 1.807) is 12.1 Å². The third-order valence-corrected chi connectivity index (χ3v) is 3.55. The summed E-state index contributed by atoms with van der Waals surface area (Å²) in [6.45, 7) is -0.861. The minimum absolute atomic E-state index is 0.0324. The number of rotatable bonds is 6. The fourth-order valence-corrected chi connectivity index (χ4v) is 2.23. The normalized spacial score (nSPS) is 13.7. The minimum Gasteiger partial charge on any atom is -0.486 e. The summed E-state index contributed by atoms with van der Waals surface area (Å²) in [6.07, 6.45) is -4.65. The van der Waals surface area contributed by atoms with Gasteiger partial charge in [0.1, 0.15) is 26.4 Å². The second-order valence-corrected chi connectivity index (χ2v) is 5.52. The zero-order valence-corrected chi connectivity index (χ0v) is 13.5. The molecule has 0 spiro atoms. The van der Waals surface area contributed by atoms with Crippen molar-refractivity contribution < 1.29 is 36.9 Å². The van der Waals surface area contributed by atoms with Gasteiger partial charge in [-0.1, -0.05) is 15.9 Å². The van der Waals surface area contributed by atoms with E-state index in [0.717, 1.165) is 0 Å².